The van der Waals surface area contributed by atoms with Crippen LogP contribution in [-0.2, 0) is 0 Å². The molecule has 0 unspecified atom stereocenters. The Labute approximate surface area is 97.7 Å². The first-order chi connectivity index (χ1) is 6.74. The molecule has 0 amide bonds. The summed E-state index contributed by atoms with van der Waals surface area (Å²) in [5.41, 5.74) is 13.4. The van der Waals surface area contributed by atoms with Crippen LogP contribution in [0.15, 0.2) is 18.2 Å². The van der Waals surface area contributed by atoms with Gasteiger partial charge in [0.15, 0.2) is 0 Å². The summed E-state index contributed by atoms with van der Waals surface area (Å²) >= 11 is 0. The van der Waals surface area contributed by atoms with Crippen molar-refractivity contribution >= 4 is 12.4 Å². The van der Waals surface area contributed by atoms with Crippen molar-refractivity contribution in [1.29, 1.82) is 0 Å². The van der Waals surface area contributed by atoms with E-state index in [-0.39, 0.29) is 18.4 Å². The number of unbranched alkanes of at least 4 members (excludes halogenated alkanes) is 1. The predicted octanol–water partition coefficient (Wildman–Crippen LogP) is 1.94. The molecule has 0 aliphatic heterocycles. The molecule has 0 aliphatic rings. The summed E-state index contributed by atoms with van der Waals surface area (Å²) in [6.45, 7) is 2.73. The van der Waals surface area contributed by atoms with Gasteiger partial charge in [0.2, 0.25) is 0 Å². The van der Waals surface area contributed by atoms with Crippen LogP contribution in [0.25, 0.3) is 0 Å². The molecule has 0 saturated carbocycles. The number of halogens is 1. The maximum Gasteiger partial charge on any atom is 0.0574 e. The van der Waals surface area contributed by atoms with Gasteiger partial charge < -0.3 is 11.5 Å². The van der Waals surface area contributed by atoms with Crippen LogP contribution < -0.4 is 11.5 Å². The van der Waals surface area contributed by atoms with E-state index in [1.54, 1.807) is 0 Å². The van der Waals surface area contributed by atoms with Gasteiger partial charge in [0, 0.05) is 11.7 Å². The molecule has 1 aromatic rings. The Morgan fingerprint density at radius 1 is 1.33 bits per heavy atom. The molecule has 1 atom stereocenters. The van der Waals surface area contributed by atoms with E-state index in [0.29, 0.717) is 0 Å². The van der Waals surface area contributed by atoms with Crippen LogP contribution >= 0.6 is 12.4 Å². The van der Waals surface area contributed by atoms with Crippen LogP contribution in [-0.4, -0.2) is 11.5 Å². The number of nitrogens with two attached hydrogens (primary N) is 2. The summed E-state index contributed by atoms with van der Waals surface area (Å²) in [5.74, 6) is 0. The third-order valence-electron chi connectivity index (χ3n) is 2.26. The SMILES string of the molecule is Cc1cccc([C@@H](N)CCCCN)n1.Cl. The van der Waals surface area contributed by atoms with Crippen molar-refractivity contribution in [1.82, 2.24) is 4.98 Å². The van der Waals surface area contributed by atoms with Crippen molar-refractivity contribution in [2.75, 3.05) is 6.54 Å². The average Bonchev–Trinajstić information content (AvgIpc) is 2.18. The third-order valence-corrected chi connectivity index (χ3v) is 2.26. The van der Waals surface area contributed by atoms with Crippen LogP contribution in [0, 0.1) is 6.92 Å². The highest BCUT2D eigenvalue weighted by molar-refractivity contribution is 5.85. The number of aryl methyl sites for hydroxylation is 1. The van der Waals surface area contributed by atoms with Gasteiger partial charge in [-0.1, -0.05) is 12.5 Å². The molecule has 0 spiro atoms. The molecular formula is C11H20ClN3. The highest BCUT2D eigenvalue weighted by atomic mass is 35.5. The number of nitrogens with zero attached hydrogens (tertiary/aromatic N) is 1. The van der Waals surface area contributed by atoms with E-state index in [4.69, 9.17) is 11.5 Å². The van der Waals surface area contributed by atoms with E-state index in [1.165, 1.54) is 0 Å². The average molecular weight is 230 g/mol. The molecular weight excluding hydrogens is 210 g/mol. The molecule has 0 bridgehead atoms. The van der Waals surface area contributed by atoms with Crippen LogP contribution in [0.2, 0.25) is 0 Å². The van der Waals surface area contributed by atoms with E-state index in [1.807, 2.05) is 25.1 Å². The second-order valence-corrected chi connectivity index (χ2v) is 3.59. The van der Waals surface area contributed by atoms with Gasteiger partial charge >= 0.3 is 0 Å². The maximum atomic E-state index is 6.00. The van der Waals surface area contributed by atoms with Crippen LogP contribution in [0.4, 0.5) is 0 Å². The summed E-state index contributed by atoms with van der Waals surface area (Å²) in [6, 6.07) is 6.03. The second-order valence-electron chi connectivity index (χ2n) is 3.59. The number of aromatic nitrogens is 1. The zero-order valence-corrected chi connectivity index (χ0v) is 9.96. The monoisotopic (exact) mass is 229 g/mol. The molecule has 1 heterocycles. The fraction of sp³-hybridized carbons (Fsp3) is 0.545. The normalized spacial score (nSPS) is 11.9. The van der Waals surface area contributed by atoms with Crippen molar-refractivity contribution < 1.29 is 0 Å². The Bertz CT molecular complexity index is 278. The molecule has 1 rings (SSSR count). The van der Waals surface area contributed by atoms with Gasteiger partial charge in [-0.3, -0.25) is 4.98 Å². The Morgan fingerprint density at radius 3 is 2.67 bits per heavy atom. The molecule has 4 N–H and O–H groups in total. The first-order valence-electron chi connectivity index (χ1n) is 5.13. The number of hydrogen-bond acceptors (Lipinski definition) is 3. The Kier molecular flexibility index (Phi) is 7.30. The quantitative estimate of drug-likeness (QED) is 0.759. The van der Waals surface area contributed by atoms with Crippen molar-refractivity contribution in [3.05, 3.63) is 29.6 Å². The van der Waals surface area contributed by atoms with E-state index >= 15 is 0 Å². The molecule has 1 aromatic heterocycles. The Morgan fingerprint density at radius 2 is 2.07 bits per heavy atom. The van der Waals surface area contributed by atoms with Gasteiger partial charge in [0.25, 0.3) is 0 Å². The lowest BCUT2D eigenvalue weighted by molar-refractivity contribution is 0.578. The largest absolute Gasteiger partial charge is 0.330 e. The minimum Gasteiger partial charge on any atom is -0.330 e. The fourth-order valence-electron chi connectivity index (χ4n) is 1.43. The first kappa shape index (κ1) is 14.4. The number of hydrogen-bond donors (Lipinski definition) is 2. The highest BCUT2D eigenvalue weighted by Crippen LogP contribution is 2.14. The van der Waals surface area contributed by atoms with E-state index in [0.717, 1.165) is 37.2 Å². The predicted molar refractivity (Wildman–Crippen MR) is 66.1 cm³/mol. The summed E-state index contributed by atoms with van der Waals surface area (Å²) in [6.07, 6.45) is 3.08. The molecule has 0 fully saturated rings. The molecule has 86 valence electrons. The van der Waals surface area contributed by atoms with Gasteiger partial charge in [-0.25, -0.2) is 0 Å². The summed E-state index contributed by atoms with van der Waals surface area (Å²) in [7, 11) is 0. The topological polar surface area (TPSA) is 64.9 Å². The van der Waals surface area contributed by atoms with Crippen molar-refractivity contribution in [3.8, 4) is 0 Å². The lowest BCUT2D eigenvalue weighted by Gasteiger charge is -2.10. The van der Waals surface area contributed by atoms with Gasteiger partial charge in [0.05, 0.1) is 5.69 Å². The second kappa shape index (κ2) is 7.63. The summed E-state index contributed by atoms with van der Waals surface area (Å²) in [4.78, 5) is 4.40. The fourth-order valence-corrected chi connectivity index (χ4v) is 1.43. The zero-order valence-electron chi connectivity index (χ0n) is 9.15. The van der Waals surface area contributed by atoms with Gasteiger partial charge in [0.1, 0.15) is 0 Å². The lowest BCUT2D eigenvalue weighted by atomic mass is 10.1. The van der Waals surface area contributed by atoms with Gasteiger partial charge in [-0.15, -0.1) is 12.4 Å². The molecule has 0 radical (unpaired) electrons. The van der Waals surface area contributed by atoms with Crippen molar-refractivity contribution in [2.45, 2.75) is 32.2 Å². The number of pyridine rings is 1. The molecule has 4 heteroatoms. The van der Waals surface area contributed by atoms with Crippen LogP contribution in [0.1, 0.15) is 36.7 Å². The molecule has 0 aromatic carbocycles. The first-order valence-corrected chi connectivity index (χ1v) is 5.13. The van der Waals surface area contributed by atoms with Crippen LogP contribution in [0.5, 0.6) is 0 Å². The van der Waals surface area contributed by atoms with E-state index < -0.39 is 0 Å². The minimum absolute atomic E-state index is 0. The highest BCUT2D eigenvalue weighted by Gasteiger charge is 2.06. The van der Waals surface area contributed by atoms with E-state index in [2.05, 4.69) is 4.98 Å². The smallest absolute Gasteiger partial charge is 0.0574 e. The van der Waals surface area contributed by atoms with Crippen molar-refractivity contribution in [3.63, 3.8) is 0 Å². The third kappa shape index (κ3) is 5.11. The number of rotatable bonds is 5. The Balaban J connectivity index is 0.00000196. The minimum atomic E-state index is 0. The maximum absolute atomic E-state index is 6.00. The summed E-state index contributed by atoms with van der Waals surface area (Å²) < 4.78 is 0. The summed E-state index contributed by atoms with van der Waals surface area (Å²) in [5, 5.41) is 0. The van der Waals surface area contributed by atoms with Crippen LogP contribution in [0.3, 0.4) is 0 Å². The molecule has 3 nitrogen and oxygen atoms in total. The van der Waals surface area contributed by atoms with Gasteiger partial charge in [-0.05, 0) is 38.4 Å². The van der Waals surface area contributed by atoms with E-state index in [9.17, 15) is 0 Å². The standard InChI is InChI=1S/C11H19N3.ClH/c1-9-5-4-7-11(14-9)10(13)6-2-3-8-12;/h4-5,7,10H,2-3,6,8,12-13H2,1H3;1H/t10-;/m0./s1. The Hall–Kier alpha value is -0.640. The van der Waals surface area contributed by atoms with Gasteiger partial charge in [-0.2, -0.15) is 0 Å². The molecule has 0 aliphatic carbocycles. The molecule has 0 saturated heterocycles. The molecule has 15 heavy (non-hydrogen) atoms. The van der Waals surface area contributed by atoms with Crippen molar-refractivity contribution in [2.24, 2.45) is 11.5 Å². The lowest BCUT2D eigenvalue weighted by Crippen LogP contribution is -2.13. The zero-order chi connectivity index (χ0) is 10.4.